The molecule has 57 heavy (non-hydrogen) atoms. The highest BCUT2D eigenvalue weighted by atomic mass is 35.5. The van der Waals surface area contributed by atoms with Crippen LogP contribution in [0.1, 0.15) is 88.3 Å². The Morgan fingerprint density at radius 3 is 1.96 bits per heavy atom. The molecule has 1 unspecified atom stereocenters. The highest BCUT2D eigenvalue weighted by Crippen LogP contribution is 2.57. The lowest BCUT2D eigenvalue weighted by atomic mass is 9.79. The van der Waals surface area contributed by atoms with Crippen molar-refractivity contribution in [2.75, 3.05) is 11.4 Å². The van der Waals surface area contributed by atoms with E-state index in [1.165, 1.54) is 44.5 Å². The number of halogens is 2. The first-order chi connectivity index (χ1) is 27.2. The smallest absolute Gasteiger partial charge is 0.0451 e. The van der Waals surface area contributed by atoms with Crippen molar-refractivity contribution in [2.45, 2.75) is 71.8 Å². The van der Waals surface area contributed by atoms with Crippen molar-refractivity contribution in [1.29, 1.82) is 0 Å². The lowest BCUT2D eigenvalue weighted by Crippen LogP contribution is -2.33. The quantitative estimate of drug-likeness (QED) is 0.122. The third-order valence-corrected chi connectivity index (χ3v) is 12.0. The molecule has 4 aromatic carbocycles. The van der Waals surface area contributed by atoms with Crippen LogP contribution in [-0.2, 0) is 10.8 Å². The Morgan fingerprint density at radius 2 is 1.37 bits per heavy atom. The summed E-state index contributed by atoms with van der Waals surface area (Å²) < 4.78 is 0. The zero-order valence-corrected chi connectivity index (χ0v) is 36.1. The Hall–Kier alpha value is -5.08. The lowest BCUT2D eigenvalue weighted by molar-refractivity contribution is 0.649. The van der Waals surface area contributed by atoms with Gasteiger partial charge in [-0.25, -0.2) is 0 Å². The fourth-order valence-electron chi connectivity index (χ4n) is 8.70. The summed E-state index contributed by atoms with van der Waals surface area (Å²) in [4.78, 5) is 2.48. The van der Waals surface area contributed by atoms with Crippen molar-refractivity contribution in [1.82, 2.24) is 0 Å². The Kier molecular flexibility index (Phi) is 12.5. The molecule has 0 saturated carbocycles. The average Bonchev–Trinajstić information content (AvgIpc) is 3.55. The first kappa shape index (κ1) is 41.6. The number of allylic oxidation sites excluding steroid dienone is 12. The summed E-state index contributed by atoms with van der Waals surface area (Å²) >= 11 is 13.3. The van der Waals surface area contributed by atoms with Gasteiger partial charge in [0, 0.05) is 39.2 Å². The predicted molar refractivity (Wildman–Crippen MR) is 252 cm³/mol. The number of fused-ring (bicyclic) bond motifs is 4. The molecular formula is C54H55Cl2N. The second kappa shape index (κ2) is 17.2. The van der Waals surface area contributed by atoms with Crippen LogP contribution >= 0.6 is 23.2 Å². The fourth-order valence-corrected chi connectivity index (χ4v) is 9.15. The summed E-state index contributed by atoms with van der Waals surface area (Å²) in [5.74, 6) is 0. The van der Waals surface area contributed by atoms with E-state index in [4.69, 9.17) is 23.2 Å². The van der Waals surface area contributed by atoms with Gasteiger partial charge in [-0.1, -0.05) is 187 Å². The van der Waals surface area contributed by atoms with Crippen molar-refractivity contribution < 1.29 is 0 Å². The molecule has 1 atom stereocenters. The van der Waals surface area contributed by atoms with Crippen molar-refractivity contribution in [3.63, 3.8) is 0 Å². The van der Waals surface area contributed by atoms with Gasteiger partial charge in [0.25, 0.3) is 0 Å². The van der Waals surface area contributed by atoms with Crippen molar-refractivity contribution >= 4 is 45.6 Å². The van der Waals surface area contributed by atoms with Crippen molar-refractivity contribution in [3.8, 4) is 11.1 Å². The van der Waals surface area contributed by atoms with Crippen LogP contribution in [0, 0.1) is 0 Å². The zero-order chi connectivity index (χ0) is 41.1. The number of hydrogen-bond donors (Lipinski definition) is 0. The molecule has 0 fully saturated rings. The highest BCUT2D eigenvalue weighted by molar-refractivity contribution is 6.33. The fraction of sp³-hybridized carbons (Fsp3) is 0.222. The van der Waals surface area contributed by atoms with E-state index in [1.54, 1.807) is 0 Å². The monoisotopic (exact) mass is 787 g/mol. The second-order valence-corrected chi connectivity index (χ2v) is 17.2. The van der Waals surface area contributed by atoms with E-state index in [0.717, 1.165) is 45.0 Å². The van der Waals surface area contributed by atoms with E-state index < -0.39 is 0 Å². The van der Waals surface area contributed by atoms with Crippen LogP contribution in [0.5, 0.6) is 0 Å². The molecule has 0 aliphatic heterocycles. The lowest BCUT2D eigenvalue weighted by Gasteiger charge is -2.32. The maximum absolute atomic E-state index is 6.81. The Morgan fingerprint density at radius 1 is 0.754 bits per heavy atom. The Bertz CT molecular complexity index is 2390. The van der Waals surface area contributed by atoms with E-state index in [9.17, 15) is 0 Å². The van der Waals surface area contributed by atoms with Crippen LogP contribution in [-0.4, -0.2) is 12.6 Å². The molecule has 4 aromatic rings. The van der Waals surface area contributed by atoms with Gasteiger partial charge in [0.05, 0.1) is 0 Å². The predicted octanol–water partition coefficient (Wildman–Crippen LogP) is 15.6. The van der Waals surface area contributed by atoms with Gasteiger partial charge in [0.1, 0.15) is 0 Å². The van der Waals surface area contributed by atoms with Crippen LogP contribution < -0.4 is 4.90 Å². The molecule has 0 saturated heterocycles. The van der Waals surface area contributed by atoms with E-state index in [0.29, 0.717) is 11.6 Å². The maximum Gasteiger partial charge on any atom is 0.0451 e. The number of benzene rings is 4. The SMILES string of the molecule is C=C/C=C(\C=C/C(C)N(C/C(C=C)=C/C=C(\CC)c1ccccc1)c1ccc2c(c1)C(C)(C)c1cc3c(cc1-2)C(C)(C)C(=C(/C)Cl)/C3=C\C(=C)Cl)c1ccccc1. The van der Waals surface area contributed by atoms with Crippen LogP contribution in [0.15, 0.2) is 181 Å². The number of anilines is 1. The molecule has 2 aliphatic rings. The topological polar surface area (TPSA) is 3.24 Å². The van der Waals surface area contributed by atoms with E-state index in [2.05, 4.69) is 181 Å². The van der Waals surface area contributed by atoms with E-state index >= 15 is 0 Å². The molecule has 1 nitrogen and oxygen atoms in total. The molecule has 0 heterocycles. The highest BCUT2D eigenvalue weighted by Gasteiger charge is 2.44. The standard InChI is InChI=1S/C54H55Cl2N/c1-11-20-41(43-23-18-15-19-24-43)27-25-37(5)57(35-39(12-2)26-28-40(13-3)42-21-16-14-17-22-42)44-29-30-45-46-33-51-47(34-50(46)53(7,8)49(45)32-44)48(31-36(4)55)52(38(6)56)54(51,9)10/h11-12,14-34,37H,1-2,4,13,35H2,3,5-10H3/b27-25-,39-26+,40-28+,41-20+,48-31-,52-38-. The minimum atomic E-state index is -0.293. The first-order valence-electron chi connectivity index (χ1n) is 19.9. The van der Waals surface area contributed by atoms with E-state index in [1.807, 2.05) is 31.2 Å². The summed E-state index contributed by atoms with van der Waals surface area (Å²) in [5, 5.41) is 1.27. The number of nitrogens with zero attached hydrogens (tertiary/aromatic N) is 1. The molecule has 0 amide bonds. The summed E-state index contributed by atoms with van der Waals surface area (Å²) in [6.07, 6.45) is 17.8. The molecule has 0 radical (unpaired) electrons. The van der Waals surface area contributed by atoms with Gasteiger partial charge in [-0.05, 0) is 123 Å². The zero-order valence-electron chi connectivity index (χ0n) is 34.6. The molecule has 2 aliphatic carbocycles. The van der Waals surface area contributed by atoms with Gasteiger partial charge in [0.2, 0.25) is 0 Å². The Labute approximate surface area is 352 Å². The van der Waals surface area contributed by atoms with Crippen molar-refractivity contribution in [2.24, 2.45) is 0 Å². The van der Waals surface area contributed by atoms with Gasteiger partial charge in [-0.3, -0.25) is 0 Å². The molecule has 0 spiro atoms. The summed E-state index contributed by atoms with van der Waals surface area (Å²) in [5.41, 5.74) is 16.3. The molecule has 0 N–H and O–H groups in total. The molecule has 0 bridgehead atoms. The van der Waals surface area contributed by atoms with Crippen LogP contribution in [0.3, 0.4) is 0 Å². The normalized spacial score (nSPS) is 17.9. The van der Waals surface area contributed by atoms with Crippen molar-refractivity contribution in [3.05, 3.63) is 214 Å². The van der Waals surface area contributed by atoms with Gasteiger partial charge in [-0.15, -0.1) is 0 Å². The minimum Gasteiger partial charge on any atom is -0.361 e. The van der Waals surface area contributed by atoms with Gasteiger partial charge < -0.3 is 4.90 Å². The molecule has 290 valence electrons. The summed E-state index contributed by atoms with van der Waals surface area (Å²) in [6, 6.07) is 33.0. The molecular weight excluding hydrogens is 734 g/mol. The van der Waals surface area contributed by atoms with Gasteiger partial charge in [-0.2, -0.15) is 0 Å². The number of rotatable bonds is 13. The molecule has 0 aromatic heterocycles. The van der Waals surface area contributed by atoms with Gasteiger partial charge >= 0.3 is 0 Å². The molecule has 3 heteroatoms. The Balaban J connectivity index is 1.46. The van der Waals surface area contributed by atoms with Crippen LogP contribution in [0.2, 0.25) is 0 Å². The molecule has 6 rings (SSSR count). The maximum atomic E-state index is 6.81. The second-order valence-electron chi connectivity index (χ2n) is 16.1. The minimum absolute atomic E-state index is 0.0453. The third-order valence-electron chi connectivity index (χ3n) is 11.7. The van der Waals surface area contributed by atoms with E-state index in [-0.39, 0.29) is 16.9 Å². The summed E-state index contributed by atoms with van der Waals surface area (Å²) in [6.45, 7) is 28.6. The first-order valence-corrected chi connectivity index (χ1v) is 20.7. The van der Waals surface area contributed by atoms with Gasteiger partial charge in [0.15, 0.2) is 0 Å². The van der Waals surface area contributed by atoms with Crippen LogP contribution in [0.4, 0.5) is 5.69 Å². The summed E-state index contributed by atoms with van der Waals surface area (Å²) in [7, 11) is 0. The largest absolute Gasteiger partial charge is 0.361 e. The van der Waals surface area contributed by atoms with Crippen LogP contribution in [0.25, 0.3) is 27.8 Å². The average molecular weight is 789 g/mol. The third kappa shape index (κ3) is 8.33. The number of hydrogen-bond acceptors (Lipinski definition) is 1.